The van der Waals surface area contributed by atoms with Crippen molar-refractivity contribution < 1.29 is 9.84 Å². The van der Waals surface area contributed by atoms with E-state index in [1.165, 1.54) is 0 Å². The Morgan fingerprint density at radius 1 is 1.07 bits per heavy atom. The molecule has 0 aliphatic rings. The Morgan fingerprint density at radius 3 is 2.14 bits per heavy atom. The summed E-state index contributed by atoms with van der Waals surface area (Å²) in [7, 11) is 0. The van der Waals surface area contributed by atoms with Crippen molar-refractivity contribution in [3.8, 4) is 0 Å². The lowest BCUT2D eigenvalue weighted by Crippen LogP contribution is -2.13. The standard InChI is InChI=1S/C12H26O2/c1-10(2)7-12(8-13)5-6-14-9-11(3)4/h10-13H,5-9H2,1-4H3. The number of ether oxygens (including phenoxy) is 1. The van der Waals surface area contributed by atoms with Crippen LogP contribution >= 0.6 is 0 Å². The molecule has 0 fully saturated rings. The minimum Gasteiger partial charge on any atom is -0.396 e. The summed E-state index contributed by atoms with van der Waals surface area (Å²) in [5.74, 6) is 1.69. The van der Waals surface area contributed by atoms with Crippen molar-refractivity contribution in [3.63, 3.8) is 0 Å². The van der Waals surface area contributed by atoms with Crippen LogP contribution in [0.3, 0.4) is 0 Å². The van der Waals surface area contributed by atoms with Gasteiger partial charge in [0.2, 0.25) is 0 Å². The van der Waals surface area contributed by atoms with Crippen molar-refractivity contribution in [1.82, 2.24) is 0 Å². The van der Waals surface area contributed by atoms with Gasteiger partial charge in [-0.3, -0.25) is 0 Å². The lowest BCUT2D eigenvalue weighted by molar-refractivity contribution is 0.0836. The highest BCUT2D eigenvalue weighted by Gasteiger charge is 2.09. The smallest absolute Gasteiger partial charge is 0.0488 e. The fourth-order valence-corrected chi connectivity index (χ4v) is 1.52. The van der Waals surface area contributed by atoms with Crippen LogP contribution in [-0.2, 0) is 4.74 Å². The molecule has 2 nitrogen and oxygen atoms in total. The first-order valence-corrected chi connectivity index (χ1v) is 5.74. The second kappa shape index (κ2) is 8.25. The van der Waals surface area contributed by atoms with Crippen LogP contribution in [0.15, 0.2) is 0 Å². The number of hydrogen-bond acceptors (Lipinski definition) is 2. The first-order chi connectivity index (χ1) is 6.56. The van der Waals surface area contributed by atoms with Crippen LogP contribution in [-0.4, -0.2) is 24.9 Å². The average molecular weight is 202 g/mol. The molecular weight excluding hydrogens is 176 g/mol. The molecule has 2 heteroatoms. The summed E-state index contributed by atoms with van der Waals surface area (Å²) in [6.45, 7) is 10.6. The van der Waals surface area contributed by atoms with Crippen molar-refractivity contribution in [1.29, 1.82) is 0 Å². The van der Waals surface area contributed by atoms with Gasteiger partial charge in [0.15, 0.2) is 0 Å². The molecule has 0 heterocycles. The van der Waals surface area contributed by atoms with Gasteiger partial charge in [-0.15, -0.1) is 0 Å². The first kappa shape index (κ1) is 13.9. The van der Waals surface area contributed by atoms with Crippen molar-refractivity contribution in [3.05, 3.63) is 0 Å². The van der Waals surface area contributed by atoms with E-state index in [0.717, 1.165) is 26.1 Å². The number of rotatable bonds is 8. The largest absolute Gasteiger partial charge is 0.396 e. The summed E-state index contributed by atoms with van der Waals surface area (Å²) in [5, 5.41) is 9.13. The molecule has 86 valence electrons. The second-order valence-electron chi connectivity index (χ2n) is 4.94. The lowest BCUT2D eigenvalue weighted by atomic mass is 9.95. The molecule has 1 unspecified atom stereocenters. The molecule has 1 atom stereocenters. The van der Waals surface area contributed by atoms with Crippen molar-refractivity contribution in [2.24, 2.45) is 17.8 Å². The quantitative estimate of drug-likeness (QED) is 0.613. The molecule has 0 aromatic carbocycles. The van der Waals surface area contributed by atoms with Crippen molar-refractivity contribution in [2.45, 2.75) is 40.5 Å². The van der Waals surface area contributed by atoms with E-state index in [1.54, 1.807) is 0 Å². The van der Waals surface area contributed by atoms with E-state index in [-0.39, 0.29) is 0 Å². The minimum atomic E-state index is 0.295. The maximum absolute atomic E-state index is 9.13. The topological polar surface area (TPSA) is 29.5 Å². The molecule has 0 aromatic heterocycles. The predicted octanol–water partition coefficient (Wildman–Crippen LogP) is 2.70. The normalized spacial score (nSPS) is 13.9. The Hall–Kier alpha value is -0.0800. The van der Waals surface area contributed by atoms with Crippen LogP contribution in [0.4, 0.5) is 0 Å². The van der Waals surface area contributed by atoms with Crippen LogP contribution in [0.5, 0.6) is 0 Å². The monoisotopic (exact) mass is 202 g/mol. The zero-order valence-electron chi connectivity index (χ0n) is 10.1. The zero-order chi connectivity index (χ0) is 11.0. The Kier molecular flexibility index (Phi) is 8.20. The van der Waals surface area contributed by atoms with E-state index in [4.69, 9.17) is 9.84 Å². The molecule has 0 radical (unpaired) electrons. The summed E-state index contributed by atoms with van der Waals surface area (Å²) in [5.41, 5.74) is 0. The van der Waals surface area contributed by atoms with Gasteiger partial charge >= 0.3 is 0 Å². The molecule has 0 amide bonds. The van der Waals surface area contributed by atoms with E-state index >= 15 is 0 Å². The van der Waals surface area contributed by atoms with Crippen LogP contribution in [0.1, 0.15) is 40.5 Å². The highest BCUT2D eigenvalue weighted by molar-refractivity contribution is 4.60. The van der Waals surface area contributed by atoms with Gasteiger partial charge in [0.1, 0.15) is 0 Å². The number of aliphatic hydroxyl groups is 1. The molecular formula is C12H26O2. The molecule has 0 aliphatic carbocycles. The summed E-state index contributed by atoms with van der Waals surface area (Å²) in [6.07, 6.45) is 2.09. The van der Waals surface area contributed by atoms with E-state index in [0.29, 0.717) is 24.4 Å². The Balaban J connectivity index is 3.43. The number of hydrogen-bond donors (Lipinski definition) is 1. The van der Waals surface area contributed by atoms with E-state index in [1.807, 2.05) is 0 Å². The Labute approximate surface area is 88.7 Å². The first-order valence-electron chi connectivity index (χ1n) is 5.74. The summed E-state index contributed by atoms with van der Waals surface area (Å²) in [6, 6.07) is 0. The molecule has 0 aromatic rings. The molecule has 14 heavy (non-hydrogen) atoms. The third-order valence-electron chi connectivity index (χ3n) is 2.18. The summed E-state index contributed by atoms with van der Waals surface area (Å²) in [4.78, 5) is 0. The van der Waals surface area contributed by atoms with Gasteiger partial charge in [0, 0.05) is 19.8 Å². The summed E-state index contributed by atoms with van der Waals surface area (Å²) < 4.78 is 5.50. The van der Waals surface area contributed by atoms with Crippen LogP contribution in [0.25, 0.3) is 0 Å². The predicted molar refractivity (Wildman–Crippen MR) is 60.3 cm³/mol. The van der Waals surface area contributed by atoms with E-state index < -0.39 is 0 Å². The van der Waals surface area contributed by atoms with Gasteiger partial charge in [-0.25, -0.2) is 0 Å². The zero-order valence-corrected chi connectivity index (χ0v) is 10.1. The molecule has 0 rings (SSSR count). The molecule has 0 saturated heterocycles. The molecule has 0 saturated carbocycles. The highest BCUT2D eigenvalue weighted by Crippen LogP contribution is 2.14. The fourth-order valence-electron chi connectivity index (χ4n) is 1.52. The average Bonchev–Trinajstić information content (AvgIpc) is 2.09. The van der Waals surface area contributed by atoms with Gasteiger partial charge in [-0.2, -0.15) is 0 Å². The van der Waals surface area contributed by atoms with Gasteiger partial charge < -0.3 is 9.84 Å². The van der Waals surface area contributed by atoms with Gasteiger partial charge in [-0.05, 0) is 30.6 Å². The highest BCUT2D eigenvalue weighted by atomic mass is 16.5. The summed E-state index contributed by atoms with van der Waals surface area (Å²) >= 11 is 0. The van der Waals surface area contributed by atoms with E-state index in [2.05, 4.69) is 27.7 Å². The van der Waals surface area contributed by atoms with Crippen LogP contribution in [0, 0.1) is 17.8 Å². The maximum Gasteiger partial charge on any atom is 0.0488 e. The second-order valence-corrected chi connectivity index (χ2v) is 4.94. The third-order valence-corrected chi connectivity index (χ3v) is 2.18. The van der Waals surface area contributed by atoms with Crippen molar-refractivity contribution in [2.75, 3.05) is 19.8 Å². The van der Waals surface area contributed by atoms with Crippen molar-refractivity contribution >= 4 is 0 Å². The van der Waals surface area contributed by atoms with Gasteiger partial charge in [0.25, 0.3) is 0 Å². The van der Waals surface area contributed by atoms with Gasteiger partial charge in [-0.1, -0.05) is 27.7 Å². The minimum absolute atomic E-state index is 0.295. The molecule has 0 bridgehead atoms. The molecule has 0 aliphatic heterocycles. The number of aliphatic hydroxyl groups excluding tert-OH is 1. The maximum atomic E-state index is 9.13. The van der Waals surface area contributed by atoms with Gasteiger partial charge in [0.05, 0.1) is 0 Å². The Morgan fingerprint density at radius 2 is 1.71 bits per heavy atom. The Bertz CT molecular complexity index is 121. The third kappa shape index (κ3) is 8.52. The van der Waals surface area contributed by atoms with E-state index in [9.17, 15) is 0 Å². The lowest BCUT2D eigenvalue weighted by Gasteiger charge is -2.16. The van der Waals surface area contributed by atoms with Crippen LogP contribution < -0.4 is 0 Å². The molecule has 0 spiro atoms. The van der Waals surface area contributed by atoms with Crippen LogP contribution in [0.2, 0.25) is 0 Å². The SMILES string of the molecule is CC(C)COCCC(CO)CC(C)C. The molecule has 1 N–H and O–H groups in total. The fraction of sp³-hybridized carbons (Fsp3) is 1.00.